The Balaban J connectivity index is 1.39. The van der Waals surface area contributed by atoms with Gasteiger partial charge in [0.05, 0.1) is 11.8 Å². The SMILES string of the molecule is CCN(C(=O)c1cc(F)ccc1Oc1cncnc1N1CCC[C@@H](CNCC2CCC(NSC)CC2)C1)C(C)C. The topological polar surface area (TPSA) is 82.6 Å². The average Bonchev–Trinajstić information content (AvgIpc) is 2.95. The highest BCUT2D eigenvalue weighted by Crippen LogP contribution is 2.34. The van der Waals surface area contributed by atoms with Crippen molar-refractivity contribution in [3.8, 4) is 11.5 Å². The van der Waals surface area contributed by atoms with E-state index >= 15 is 0 Å². The standard InChI is InChI=1S/C30H45FN6O2S/c1-5-37(21(2)3)30(38)26-15-24(31)10-13-27(26)39-28-18-33-20-34-29(28)36-14-6-7-23(19-36)17-32-16-22-8-11-25(12-9-22)35-40-4/h10,13,15,18,20-23,25,32,35H,5-9,11-12,14,16-17,19H2,1-4H3/t22?,23-,25?/m0/s1. The molecule has 8 nitrogen and oxygen atoms in total. The smallest absolute Gasteiger partial charge is 0.257 e. The van der Waals surface area contributed by atoms with Crippen LogP contribution >= 0.6 is 11.9 Å². The van der Waals surface area contributed by atoms with Crippen molar-refractivity contribution >= 4 is 23.7 Å². The van der Waals surface area contributed by atoms with Crippen molar-refractivity contribution in [2.24, 2.45) is 11.8 Å². The van der Waals surface area contributed by atoms with Gasteiger partial charge in [-0.3, -0.25) is 9.52 Å². The summed E-state index contributed by atoms with van der Waals surface area (Å²) in [6.45, 7) is 10.1. The summed E-state index contributed by atoms with van der Waals surface area (Å²) in [5, 5.41) is 3.75. The van der Waals surface area contributed by atoms with Crippen molar-refractivity contribution in [3.63, 3.8) is 0 Å². The van der Waals surface area contributed by atoms with Crippen LogP contribution in [0.4, 0.5) is 10.2 Å². The first-order valence-electron chi connectivity index (χ1n) is 14.7. The molecule has 2 N–H and O–H groups in total. The molecule has 0 radical (unpaired) electrons. The number of carbonyl (C=O) groups excluding carboxylic acids is 1. The van der Waals surface area contributed by atoms with Crippen LogP contribution in [0.15, 0.2) is 30.7 Å². The predicted molar refractivity (Wildman–Crippen MR) is 161 cm³/mol. The molecule has 1 atom stereocenters. The molecule has 1 saturated heterocycles. The van der Waals surface area contributed by atoms with Gasteiger partial charge in [0.1, 0.15) is 17.9 Å². The number of nitrogens with zero attached hydrogens (tertiary/aromatic N) is 4. The highest BCUT2D eigenvalue weighted by molar-refractivity contribution is 7.96. The third kappa shape index (κ3) is 8.07. The Hall–Kier alpha value is -2.43. The number of hydrogen-bond donors (Lipinski definition) is 2. The lowest BCUT2D eigenvalue weighted by Crippen LogP contribution is -2.41. The second-order valence-electron chi connectivity index (χ2n) is 11.3. The van der Waals surface area contributed by atoms with Gasteiger partial charge in [0.15, 0.2) is 11.6 Å². The fourth-order valence-electron chi connectivity index (χ4n) is 5.96. The minimum absolute atomic E-state index is 0.0182. The van der Waals surface area contributed by atoms with Crippen LogP contribution in [0.2, 0.25) is 0 Å². The Morgan fingerprint density at radius 1 is 1.18 bits per heavy atom. The van der Waals surface area contributed by atoms with Crippen LogP contribution in [-0.2, 0) is 0 Å². The van der Waals surface area contributed by atoms with Crippen molar-refractivity contribution < 1.29 is 13.9 Å². The van der Waals surface area contributed by atoms with E-state index in [4.69, 9.17) is 4.74 Å². The van der Waals surface area contributed by atoms with Gasteiger partial charge < -0.3 is 19.9 Å². The van der Waals surface area contributed by atoms with Gasteiger partial charge in [-0.25, -0.2) is 14.4 Å². The monoisotopic (exact) mass is 572 g/mol. The van der Waals surface area contributed by atoms with E-state index in [1.54, 1.807) is 23.0 Å². The Labute approximate surface area is 243 Å². The summed E-state index contributed by atoms with van der Waals surface area (Å²) < 4.78 is 24.0. The summed E-state index contributed by atoms with van der Waals surface area (Å²) in [5.74, 6) is 2.02. The molecule has 2 fully saturated rings. The zero-order chi connectivity index (χ0) is 28.5. The molecule has 2 heterocycles. The van der Waals surface area contributed by atoms with Crippen molar-refractivity contribution in [1.82, 2.24) is 24.9 Å². The number of hydrogen-bond acceptors (Lipinski definition) is 8. The van der Waals surface area contributed by atoms with Gasteiger partial charge in [-0.1, -0.05) is 11.9 Å². The molecular formula is C30H45FN6O2S. The highest BCUT2D eigenvalue weighted by Gasteiger charge is 2.27. The first-order chi connectivity index (χ1) is 19.4. The maximum atomic E-state index is 14.2. The number of benzene rings is 1. The largest absolute Gasteiger partial charge is 0.451 e. The van der Waals surface area contributed by atoms with Crippen LogP contribution in [-0.4, -0.2) is 71.8 Å². The summed E-state index contributed by atoms with van der Waals surface area (Å²) in [6, 6.07) is 4.72. The average molecular weight is 573 g/mol. The van der Waals surface area contributed by atoms with Gasteiger partial charge in [-0.05, 0) is 109 Å². The fourth-order valence-corrected chi connectivity index (χ4v) is 6.53. The summed E-state index contributed by atoms with van der Waals surface area (Å²) in [4.78, 5) is 26.0. The van der Waals surface area contributed by atoms with Gasteiger partial charge in [-0.2, -0.15) is 0 Å². The van der Waals surface area contributed by atoms with E-state index in [2.05, 4.69) is 31.2 Å². The molecule has 40 heavy (non-hydrogen) atoms. The van der Waals surface area contributed by atoms with E-state index in [9.17, 15) is 9.18 Å². The number of halogens is 1. The Kier molecular flexibility index (Phi) is 11.4. The Bertz CT molecular complexity index is 1100. The molecule has 2 aromatic rings. The molecular weight excluding hydrogens is 527 g/mol. The number of ether oxygens (including phenoxy) is 1. The van der Waals surface area contributed by atoms with E-state index in [0.29, 0.717) is 35.8 Å². The zero-order valence-corrected chi connectivity index (χ0v) is 25.2. The van der Waals surface area contributed by atoms with Gasteiger partial charge >= 0.3 is 0 Å². The summed E-state index contributed by atoms with van der Waals surface area (Å²) in [7, 11) is 0. The second-order valence-corrected chi connectivity index (χ2v) is 11.9. The molecule has 1 aromatic heterocycles. The van der Waals surface area contributed by atoms with E-state index in [0.717, 1.165) is 38.5 Å². The van der Waals surface area contributed by atoms with Gasteiger partial charge in [0, 0.05) is 31.7 Å². The molecule has 4 rings (SSSR count). The second kappa shape index (κ2) is 15.0. The third-order valence-corrected chi connectivity index (χ3v) is 8.66. The summed E-state index contributed by atoms with van der Waals surface area (Å²) in [5.41, 5.74) is 0.198. The number of piperidine rings is 1. The van der Waals surface area contributed by atoms with E-state index in [1.165, 1.54) is 56.6 Å². The van der Waals surface area contributed by atoms with Crippen molar-refractivity contribution in [1.29, 1.82) is 0 Å². The Morgan fingerprint density at radius 3 is 2.67 bits per heavy atom. The van der Waals surface area contributed by atoms with Crippen LogP contribution in [0.5, 0.6) is 11.5 Å². The molecule has 1 aliphatic heterocycles. The van der Waals surface area contributed by atoms with Crippen LogP contribution < -0.4 is 19.7 Å². The highest BCUT2D eigenvalue weighted by atomic mass is 32.2. The lowest BCUT2D eigenvalue weighted by molar-refractivity contribution is 0.0713. The molecule has 1 aliphatic carbocycles. The maximum Gasteiger partial charge on any atom is 0.257 e. The normalized spacial score (nSPS) is 21.4. The molecule has 2 aliphatic rings. The minimum atomic E-state index is -0.476. The molecule has 220 valence electrons. The van der Waals surface area contributed by atoms with Gasteiger partial charge in [-0.15, -0.1) is 0 Å². The maximum absolute atomic E-state index is 14.2. The lowest BCUT2D eigenvalue weighted by Gasteiger charge is -2.35. The predicted octanol–water partition coefficient (Wildman–Crippen LogP) is 5.51. The summed E-state index contributed by atoms with van der Waals surface area (Å²) in [6.07, 6.45) is 12.6. The van der Waals surface area contributed by atoms with E-state index < -0.39 is 5.82 Å². The molecule has 0 unspecified atom stereocenters. The van der Waals surface area contributed by atoms with E-state index in [-0.39, 0.29) is 17.5 Å². The number of nitrogens with one attached hydrogen (secondary N) is 2. The number of amides is 1. The van der Waals surface area contributed by atoms with Crippen LogP contribution in [0.3, 0.4) is 0 Å². The van der Waals surface area contributed by atoms with Crippen molar-refractivity contribution in [2.75, 3.05) is 43.9 Å². The molecule has 1 amide bonds. The molecule has 0 spiro atoms. The molecule has 1 aromatic carbocycles. The summed E-state index contributed by atoms with van der Waals surface area (Å²) >= 11 is 1.73. The van der Waals surface area contributed by atoms with Crippen LogP contribution in [0.25, 0.3) is 0 Å². The van der Waals surface area contributed by atoms with Gasteiger partial charge in [0.2, 0.25) is 0 Å². The van der Waals surface area contributed by atoms with Crippen molar-refractivity contribution in [3.05, 3.63) is 42.1 Å². The number of rotatable bonds is 12. The van der Waals surface area contributed by atoms with Crippen LogP contribution in [0.1, 0.15) is 69.7 Å². The number of aromatic nitrogens is 2. The third-order valence-electron chi connectivity index (χ3n) is 8.09. The molecule has 0 bridgehead atoms. The first-order valence-corrected chi connectivity index (χ1v) is 15.9. The van der Waals surface area contributed by atoms with Crippen LogP contribution in [0, 0.1) is 17.7 Å². The number of anilines is 1. The quantitative estimate of drug-likeness (QED) is 0.322. The zero-order valence-electron chi connectivity index (χ0n) is 24.4. The fraction of sp³-hybridized carbons (Fsp3) is 0.633. The molecule has 1 saturated carbocycles. The van der Waals surface area contributed by atoms with Crippen molar-refractivity contribution in [2.45, 2.75) is 71.4 Å². The minimum Gasteiger partial charge on any atom is -0.451 e. The van der Waals surface area contributed by atoms with Gasteiger partial charge in [0.25, 0.3) is 5.91 Å². The van der Waals surface area contributed by atoms with E-state index in [1.807, 2.05) is 20.8 Å². The Morgan fingerprint density at radius 2 is 1.95 bits per heavy atom. The first kappa shape index (κ1) is 30.5. The number of carbonyl (C=O) groups is 1. The lowest BCUT2D eigenvalue weighted by atomic mass is 9.86. The molecule has 10 heteroatoms.